The number of halogens is 1. The molecule has 1 aliphatic heterocycles. The minimum Gasteiger partial charge on any atom is -0.493 e. The van der Waals surface area contributed by atoms with Crippen molar-refractivity contribution in [1.29, 1.82) is 0 Å². The van der Waals surface area contributed by atoms with E-state index in [-0.39, 0.29) is 24.0 Å². The van der Waals surface area contributed by atoms with Gasteiger partial charge in [-0.1, -0.05) is 12.1 Å². The molecule has 1 saturated carbocycles. The standard InChI is InChI=1S/C22H35N3O3.HI/c1-4-27-18-12-14-25(15-13-18)22(23-2)24-16-17-8-7-11-20(26-3)21(17)28-19-9-5-6-10-19;/h7-8,11,18-19H,4-6,9-10,12-16H2,1-3H3,(H,23,24);1H. The van der Waals surface area contributed by atoms with E-state index >= 15 is 0 Å². The number of guanidine groups is 1. The fraction of sp³-hybridized carbons (Fsp3) is 0.682. The van der Waals surface area contributed by atoms with Crippen molar-refractivity contribution in [2.75, 3.05) is 33.9 Å². The summed E-state index contributed by atoms with van der Waals surface area (Å²) in [6, 6.07) is 6.10. The molecule has 1 heterocycles. The largest absolute Gasteiger partial charge is 0.493 e. The molecule has 6 nitrogen and oxygen atoms in total. The Morgan fingerprint density at radius 1 is 1.14 bits per heavy atom. The van der Waals surface area contributed by atoms with Gasteiger partial charge in [0.1, 0.15) is 0 Å². The van der Waals surface area contributed by atoms with E-state index in [1.54, 1.807) is 7.11 Å². The normalized spacial score (nSPS) is 18.4. The maximum atomic E-state index is 6.35. The molecule has 29 heavy (non-hydrogen) atoms. The van der Waals surface area contributed by atoms with Crippen LogP contribution in [0.4, 0.5) is 0 Å². The van der Waals surface area contributed by atoms with E-state index in [2.05, 4.69) is 28.2 Å². The van der Waals surface area contributed by atoms with Crippen molar-refractivity contribution in [1.82, 2.24) is 10.2 Å². The SMILES string of the molecule is CCOC1CCN(C(=NC)NCc2cccc(OC)c2OC2CCCC2)CC1.I. The molecule has 7 heteroatoms. The molecule has 1 saturated heterocycles. The third-order valence-electron chi connectivity index (χ3n) is 5.66. The fourth-order valence-electron chi connectivity index (χ4n) is 4.14. The quantitative estimate of drug-likeness (QED) is 0.334. The van der Waals surface area contributed by atoms with Gasteiger partial charge in [0.25, 0.3) is 0 Å². The lowest BCUT2D eigenvalue weighted by atomic mass is 10.1. The lowest BCUT2D eigenvalue weighted by Crippen LogP contribution is -2.46. The zero-order chi connectivity index (χ0) is 19.8. The summed E-state index contributed by atoms with van der Waals surface area (Å²) in [5.41, 5.74) is 1.11. The Labute approximate surface area is 192 Å². The molecule has 0 radical (unpaired) electrons. The zero-order valence-corrected chi connectivity index (χ0v) is 20.3. The van der Waals surface area contributed by atoms with E-state index < -0.39 is 0 Å². The summed E-state index contributed by atoms with van der Waals surface area (Å²) >= 11 is 0. The third-order valence-corrected chi connectivity index (χ3v) is 5.66. The van der Waals surface area contributed by atoms with Crippen molar-refractivity contribution >= 4 is 29.9 Å². The molecule has 164 valence electrons. The summed E-state index contributed by atoms with van der Waals surface area (Å²) in [6.45, 7) is 5.45. The molecule has 0 amide bonds. The monoisotopic (exact) mass is 517 g/mol. The first-order valence-electron chi connectivity index (χ1n) is 10.6. The number of ether oxygens (including phenoxy) is 3. The van der Waals surface area contributed by atoms with Crippen molar-refractivity contribution < 1.29 is 14.2 Å². The van der Waals surface area contributed by atoms with E-state index in [4.69, 9.17) is 14.2 Å². The zero-order valence-electron chi connectivity index (χ0n) is 18.0. The van der Waals surface area contributed by atoms with Crippen LogP contribution in [0, 0.1) is 0 Å². The molecule has 0 spiro atoms. The summed E-state index contributed by atoms with van der Waals surface area (Å²) < 4.78 is 17.7. The van der Waals surface area contributed by atoms with Gasteiger partial charge in [-0.05, 0) is 51.5 Å². The second kappa shape index (κ2) is 12.5. The van der Waals surface area contributed by atoms with Gasteiger partial charge in [-0.3, -0.25) is 4.99 Å². The smallest absolute Gasteiger partial charge is 0.193 e. The number of hydrogen-bond acceptors (Lipinski definition) is 4. The molecular formula is C22H36IN3O3. The van der Waals surface area contributed by atoms with Crippen LogP contribution < -0.4 is 14.8 Å². The summed E-state index contributed by atoms with van der Waals surface area (Å²) in [6.07, 6.45) is 7.52. The topological polar surface area (TPSA) is 55.3 Å². The summed E-state index contributed by atoms with van der Waals surface area (Å²) in [4.78, 5) is 6.80. The Hall–Kier alpha value is -1.22. The first kappa shape index (κ1) is 24.1. The van der Waals surface area contributed by atoms with Gasteiger partial charge >= 0.3 is 0 Å². The second-order valence-electron chi connectivity index (χ2n) is 7.52. The summed E-state index contributed by atoms with van der Waals surface area (Å²) in [5.74, 6) is 2.61. The maximum absolute atomic E-state index is 6.35. The number of likely N-dealkylation sites (tertiary alicyclic amines) is 1. The van der Waals surface area contributed by atoms with Crippen LogP contribution in [0.5, 0.6) is 11.5 Å². The number of nitrogens with zero attached hydrogens (tertiary/aromatic N) is 2. The molecular weight excluding hydrogens is 481 g/mol. The van der Waals surface area contributed by atoms with Crippen LogP contribution in [0.3, 0.4) is 0 Å². The van der Waals surface area contributed by atoms with Crippen LogP contribution >= 0.6 is 24.0 Å². The predicted octanol–water partition coefficient (Wildman–Crippen LogP) is 4.21. The van der Waals surface area contributed by atoms with Gasteiger partial charge in [0.05, 0.1) is 19.3 Å². The molecule has 1 aliphatic carbocycles. The third kappa shape index (κ3) is 6.64. The lowest BCUT2D eigenvalue weighted by molar-refractivity contribution is 0.0263. The van der Waals surface area contributed by atoms with Crippen molar-refractivity contribution in [3.8, 4) is 11.5 Å². The van der Waals surface area contributed by atoms with Crippen LogP contribution in [-0.4, -0.2) is 56.9 Å². The fourth-order valence-corrected chi connectivity index (χ4v) is 4.14. The Morgan fingerprint density at radius 2 is 1.86 bits per heavy atom. The molecule has 0 aromatic heterocycles. The van der Waals surface area contributed by atoms with Crippen molar-refractivity contribution in [2.24, 2.45) is 4.99 Å². The Kier molecular flexibility index (Phi) is 10.3. The molecule has 2 fully saturated rings. The molecule has 0 atom stereocenters. The minimum atomic E-state index is 0. The van der Waals surface area contributed by atoms with Gasteiger partial charge in [-0.25, -0.2) is 0 Å². The van der Waals surface area contributed by atoms with Gasteiger partial charge < -0.3 is 24.4 Å². The first-order chi connectivity index (χ1) is 13.7. The second-order valence-corrected chi connectivity index (χ2v) is 7.52. The average Bonchev–Trinajstić information content (AvgIpc) is 3.24. The van der Waals surface area contributed by atoms with Gasteiger partial charge in [0, 0.05) is 38.9 Å². The molecule has 0 unspecified atom stereocenters. The Bertz CT molecular complexity index is 642. The number of aliphatic imine (C=N–C) groups is 1. The number of hydrogen-bond donors (Lipinski definition) is 1. The molecule has 3 rings (SSSR count). The lowest BCUT2D eigenvalue weighted by Gasteiger charge is -2.34. The molecule has 2 aliphatic rings. The minimum absolute atomic E-state index is 0. The maximum Gasteiger partial charge on any atom is 0.193 e. The number of piperidine rings is 1. The van der Waals surface area contributed by atoms with Gasteiger partial charge in [0.15, 0.2) is 17.5 Å². The predicted molar refractivity (Wildman–Crippen MR) is 128 cm³/mol. The van der Waals surface area contributed by atoms with E-state index in [1.165, 1.54) is 12.8 Å². The number of para-hydroxylation sites is 1. The number of rotatable bonds is 7. The van der Waals surface area contributed by atoms with Gasteiger partial charge in [0.2, 0.25) is 0 Å². The van der Waals surface area contributed by atoms with Crippen LogP contribution in [0.1, 0.15) is 51.0 Å². The highest BCUT2D eigenvalue weighted by Gasteiger charge is 2.23. The van der Waals surface area contributed by atoms with Gasteiger partial charge in [-0.15, -0.1) is 24.0 Å². The summed E-state index contributed by atoms with van der Waals surface area (Å²) in [5, 5.41) is 3.52. The highest BCUT2D eigenvalue weighted by Crippen LogP contribution is 2.34. The molecule has 0 bridgehead atoms. The Balaban J connectivity index is 0.00000300. The molecule has 1 N–H and O–H groups in total. The number of methoxy groups -OCH3 is 1. The molecule has 1 aromatic carbocycles. The molecule has 1 aromatic rings. The van der Waals surface area contributed by atoms with Gasteiger partial charge in [-0.2, -0.15) is 0 Å². The number of benzene rings is 1. The van der Waals surface area contributed by atoms with Crippen LogP contribution in [0.2, 0.25) is 0 Å². The van der Waals surface area contributed by atoms with Crippen molar-refractivity contribution in [2.45, 2.75) is 64.2 Å². The van der Waals surface area contributed by atoms with E-state index in [0.717, 1.165) is 68.4 Å². The Morgan fingerprint density at radius 3 is 2.48 bits per heavy atom. The number of nitrogens with one attached hydrogen (secondary N) is 1. The van der Waals surface area contributed by atoms with Crippen LogP contribution in [-0.2, 0) is 11.3 Å². The average molecular weight is 517 g/mol. The first-order valence-corrected chi connectivity index (χ1v) is 10.6. The van der Waals surface area contributed by atoms with E-state index in [1.807, 2.05) is 19.2 Å². The highest BCUT2D eigenvalue weighted by atomic mass is 127. The van der Waals surface area contributed by atoms with Crippen molar-refractivity contribution in [3.63, 3.8) is 0 Å². The van der Waals surface area contributed by atoms with Crippen LogP contribution in [0.15, 0.2) is 23.2 Å². The van der Waals surface area contributed by atoms with Crippen LogP contribution in [0.25, 0.3) is 0 Å². The highest BCUT2D eigenvalue weighted by molar-refractivity contribution is 14.0. The van der Waals surface area contributed by atoms with Crippen molar-refractivity contribution in [3.05, 3.63) is 23.8 Å². The summed E-state index contributed by atoms with van der Waals surface area (Å²) in [7, 11) is 3.55. The van der Waals surface area contributed by atoms with E-state index in [9.17, 15) is 0 Å². The van der Waals surface area contributed by atoms with E-state index in [0.29, 0.717) is 18.8 Å².